The molecule has 1 unspecified atom stereocenters. The van der Waals surface area contributed by atoms with Crippen molar-refractivity contribution in [1.29, 1.82) is 0 Å². The van der Waals surface area contributed by atoms with Gasteiger partial charge in [0.1, 0.15) is 11.5 Å². The molecule has 1 amide bonds. The van der Waals surface area contributed by atoms with Crippen LogP contribution in [0, 0.1) is 5.92 Å². The van der Waals surface area contributed by atoms with Gasteiger partial charge in [-0.3, -0.25) is 9.79 Å². The number of guanidine groups is 1. The fraction of sp³-hybridized carbons (Fsp3) is 0.440. The molecule has 0 heterocycles. The number of nitrogens with one attached hydrogen (secondary N) is 2. The van der Waals surface area contributed by atoms with E-state index in [1.807, 2.05) is 43.3 Å². The van der Waals surface area contributed by atoms with Gasteiger partial charge in [0.2, 0.25) is 0 Å². The zero-order valence-corrected chi connectivity index (χ0v) is 19.6. The summed E-state index contributed by atoms with van der Waals surface area (Å²) in [5, 5.41) is 6.76. The van der Waals surface area contributed by atoms with Gasteiger partial charge in [0.25, 0.3) is 5.91 Å². The molecule has 1 atom stereocenters. The Hall–Kier alpha value is -3.22. The molecule has 0 saturated heterocycles. The van der Waals surface area contributed by atoms with Gasteiger partial charge in [-0.25, -0.2) is 0 Å². The highest BCUT2D eigenvalue weighted by Gasteiger charge is 2.08. The van der Waals surface area contributed by atoms with E-state index in [2.05, 4.69) is 43.5 Å². The van der Waals surface area contributed by atoms with Gasteiger partial charge >= 0.3 is 0 Å². The zero-order chi connectivity index (χ0) is 23.3. The van der Waals surface area contributed by atoms with E-state index in [4.69, 9.17) is 20.2 Å². The number of hydrogen-bond acceptors (Lipinski definition) is 4. The number of hydrogen-bond donors (Lipinski definition) is 3. The molecule has 0 radical (unpaired) electrons. The first-order valence-electron chi connectivity index (χ1n) is 11.1. The molecule has 0 bridgehead atoms. The molecule has 174 valence electrons. The molecule has 0 aliphatic rings. The normalized spacial score (nSPS) is 12.3. The van der Waals surface area contributed by atoms with Crippen molar-refractivity contribution in [3.63, 3.8) is 0 Å². The lowest BCUT2D eigenvalue weighted by molar-refractivity contribution is -0.119. The number of aliphatic imine (C=N–C) groups is 1. The molecule has 0 aliphatic carbocycles. The Morgan fingerprint density at radius 2 is 1.62 bits per heavy atom. The molecule has 7 nitrogen and oxygen atoms in total. The maximum absolute atomic E-state index is 10.8. The zero-order valence-electron chi connectivity index (χ0n) is 19.6. The van der Waals surface area contributed by atoms with E-state index in [0.29, 0.717) is 24.8 Å². The van der Waals surface area contributed by atoms with Gasteiger partial charge in [-0.05, 0) is 61.6 Å². The van der Waals surface area contributed by atoms with Crippen LogP contribution in [0.4, 0.5) is 0 Å². The van der Waals surface area contributed by atoms with E-state index >= 15 is 0 Å². The Kier molecular flexibility index (Phi) is 10.4. The third-order valence-electron chi connectivity index (χ3n) is 4.64. The number of benzene rings is 2. The lowest BCUT2D eigenvalue weighted by atomic mass is 10.1. The van der Waals surface area contributed by atoms with Gasteiger partial charge in [-0.2, -0.15) is 0 Å². The molecule has 0 aromatic heterocycles. The summed E-state index contributed by atoms with van der Waals surface area (Å²) < 4.78 is 11.0. The Balaban J connectivity index is 1.88. The summed E-state index contributed by atoms with van der Waals surface area (Å²) in [6.45, 7) is 10.5. The largest absolute Gasteiger partial charge is 0.493 e. The van der Waals surface area contributed by atoms with Crippen LogP contribution in [0.2, 0.25) is 0 Å². The molecule has 0 fully saturated rings. The van der Waals surface area contributed by atoms with Crippen LogP contribution in [0.25, 0.3) is 0 Å². The number of nitrogens with zero attached hydrogens (tertiary/aromatic N) is 1. The highest BCUT2D eigenvalue weighted by atomic mass is 16.5. The molecule has 2 rings (SSSR count). The summed E-state index contributed by atoms with van der Waals surface area (Å²) in [5.74, 6) is 2.31. The second-order valence-corrected chi connectivity index (χ2v) is 8.05. The summed E-state index contributed by atoms with van der Waals surface area (Å²) in [6.07, 6.45) is 0.795. The summed E-state index contributed by atoms with van der Waals surface area (Å²) in [6, 6.07) is 15.9. The Labute approximate surface area is 191 Å². The van der Waals surface area contributed by atoms with Crippen molar-refractivity contribution in [3.8, 4) is 11.5 Å². The van der Waals surface area contributed by atoms with Gasteiger partial charge in [0.15, 0.2) is 12.6 Å². The average Bonchev–Trinajstić information content (AvgIpc) is 2.77. The van der Waals surface area contributed by atoms with Crippen LogP contribution in [-0.4, -0.2) is 38.2 Å². The summed E-state index contributed by atoms with van der Waals surface area (Å²) in [7, 11) is 0. The van der Waals surface area contributed by atoms with E-state index in [0.717, 1.165) is 30.2 Å². The maximum atomic E-state index is 10.8. The van der Waals surface area contributed by atoms with Crippen molar-refractivity contribution in [1.82, 2.24) is 10.6 Å². The van der Waals surface area contributed by atoms with Crippen LogP contribution in [0.1, 0.15) is 44.9 Å². The predicted molar refractivity (Wildman–Crippen MR) is 129 cm³/mol. The predicted octanol–water partition coefficient (Wildman–Crippen LogP) is 3.44. The van der Waals surface area contributed by atoms with Gasteiger partial charge in [0.05, 0.1) is 12.6 Å². The standard InChI is InChI=1S/C25H36N4O3/c1-5-27-25(28-15-14-20-6-10-22(11-7-20)32-17-24(26)30)29-19(4)21-8-12-23(13-9-21)31-16-18(2)3/h6-13,18-19H,5,14-17H2,1-4H3,(H2,26,30)(H2,27,28,29). The van der Waals surface area contributed by atoms with Gasteiger partial charge in [0, 0.05) is 13.1 Å². The smallest absolute Gasteiger partial charge is 0.255 e. The fourth-order valence-electron chi connectivity index (χ4n) is 2.93. The van der Waals surface area contributed by atoms with Gasteiger partial charge in [-0.15, -0.1) is 0 Å². The first-order valence-corrected chi connectivity index (χ1v) is 11.1. The van der Waals surface area contributed by atoms with Crippen molar-refractivity contribution in [2.45, 2.75) is 40.2 Å². The van der Waals surface area contributed by atoms with E-state index in [-0.39, 0.29) is 12.6 Å². The molecule has 7 heteroatoms. The second-order valence-electron chi connectivity index (χ2n) is 8.05. The van der Waals surface area contributed by atoms with Crippen LogP contribution in [0.5, 0.6) is 11.5 Å². The van der Waals surface area contributed by atoms with Crippen LogP contribution in [0.15, 0.2) is 53.5 Å². The number of carbonyl (C=O) groups is 1. The summed E-state index contributed by atoms with van der Waals surface area (Å²) in [5.41, 5.74) is 7.40. The SMILES string of the molecule is CCNC(=NCCc1ccc(OCC(N)=O)cc1)NC(C)c1ccc(OCC(C)C)cc1. The van der Waals surface area contributed by atoms with Crippen molar-refractivity contribution in [2.24, 2.45) is 16.6 Å². The molecule has 0 aliphatic heterocycles. The lowest BCUT2D eigenvalue weighted by Crippen LogP contribution is -2.38. The van der Waals surface area contributed by atoms with Crippen LogP contribution in [-0.2, 0) is 11.2 Å². The van der Waals surface area contributed by atoms with E-state index in [1.165, 1.54) is 5.56 Å². The molecule has 2 aromatic rings. The highest BCUT2D eigenvalue weighted by molar-refractivity contribution is 5.80. The average molecular weight is 441 g/mol. The Morgan fingerprint density at radius 1 is 1.00 bits per heavy atom. The van der Waals surface area contributed by atoms with Crippen LogP contribution >= 0.6 is 0 Å². The number of nitrogens with two attached hydrogens (primary N) is 1. The number of carbonyl (C=O) groups excluding carboxylic acids is 1. The Bertz CT molecular complexity index is 848. The van der Waals surface area contributed by atoms with Gasteiger partial charge < -0.3 is 25.8 Å². The first-order chi connectivity index (χ1) is 15.4. The number of amides is 1. The minimum Gasteiger partial charge on any atom is -0.493 e. The number of ether oxygens (including phenoxy) is 2. The number of rotatable bonds is 12. The van der Waals surface area contributed by atoms with Crippen LogP contribution < -0.4 is 25.8 Å². The van der Waals surface area contributed by atoms with Crippen molar-refractivity contribution < 1.29 is 14.3 Å². The van der Waals surface area contributed by atoms with Gasteiger partial charge in [-0.1, -0.05) is 38.1 Å². The molecular weight excluding hydrogens is 404 g/mol. The van der Waals surface area contributed by atoms with Crippen molar-refractivity contribution in [3.05, 3.63) is 59.7 Å². The highest BCUT2D eigenvalue weighted by Crippen LogP contribution is 2.18. The lowest BCUT2D eigenvalue weighted by Gasteiger charge is -2.19. The monoisotopic (exact) mass is 440 g/mol. The molecule has 4 N–H and O–H groups in total. The van der Waals surface area contributed by atoms with E-state index < -0.39 is 5.91 Å². The minimum atomic E-state index is -0.489. The third-order valence-corrected chi connectivity index (χ3v) is 4.64. The Morgan fingerprint density at radius 3 is 2.22 bits per heavy atom. The van der Waals surface area contributed by atoms with Crippen molar-refractivity contribution in [2.75, 3.05) is 26.3 Å². The quantitative estimate of drug-likeness (QED) is 0.347. The fourth-order valence-corrected chi connectivity index (χ4v) is 2.93. The molecule has 0 saturated carbocycles. The first kappa shape index (κ1) is 25.0. The topological polar surface area (TPSA) is 98.0 Å². The summed E-state index contributed by atoms with van der Waals surface area (Å²) in [4.78, 5) is 15.5. The number of primary amides is 1. The van der Waals surface area contributed by atoms with Crippen LogP contribution in [0.3, 0.4) is 0 Å². The van der Waals surface area contributed by atoms with E-state index in [1.54, 1.807) is 0 Å². The molecular formula is C25H36N4O3. The second kappa shape index (κ2) is 13.2. The molecule has 0 spiro atoms. The maximum Gasteiger partial charge on any atom is 0.255 e. The summed E-state index contributed by atoms with van der Waals surface area (Å²) >= 11 is 0. The third kappa shape index (κ3) is 9.29. The van der Waals surface area contributed by atoms with Crippen molar-refractivity contribution >= 4 is 11.9 Å². The van der Waals surface area contributed by atoms with E-state index in [9.17, 15) is 4.79 Å². The minimum absolute atomic E-state index is 0.105. The molecule has 2 aromatic carbocycles. The molecule has 32 heavy (non-hydrogen) atoms.